The lowest BCUT2D eigenvalue weighted by Gasteiger charge is -2.12. The number of carbonyl (C=O) groups excluding carboxylic acids is 1. The standard InChI is InChI=1S/C26H24Cl2N2O4/c1-3-13-33-24-12-10-19(15-25(24)32-4-2)26(31)30-29-16-18-9-11-23(22(28)14-18)34-17-20-7-5-6-8-21(20)27/h3,5-12,14-16H,1,4,13,17H2,2H3,(H,30,31)/b29-16+. The van der Waals surface area contributed by atoms with Gasteiger partial charge in [0.1, 0.15) is 19.0 Å². The largest absolute Gasteiger partial charge is 0.490 e. The zero-order valence-electron chi connectivity index (χ0n) is 18.6. The van der Waals surface area contributed by atoms with E-state index in [1.807, 2.05) is 25.1 Å². The van der Waals surface area contributed by atoms with E-state index in [1.54, 1.807) is 48.5 Å². The van der Waals surface area contributed by atoms with Crippen LogP contribution in [0.15, 0.2) is 78.4 Å². The highest BCUT2D eigenvalue weighted by atomic mass is 35.5. The van der Waals surface area contributed by atoms with Crippen LogP contribution >= 0.6 is 23.2 Å². The van der Waals surface area contributed by atoms with Crippen molar-refractivity contribution in [3.8, 4) is 17.2 Å². The molecule has 0 aliphatic heterocycles. The molecule has 0 unspecified atom stereocenters. The zero-order chi connectivity index (χ0) is 24.3. The van der Waals surface area contributed by atoms with Crippen LogP contribution in [0.2, 0.25) is 10.0 Å². The minimum absolute atomic E-state index is 0.296. The Hall–Kier alpha value is -3.48. The summed E-state index contributed by atoms with van der Waals surface area (Å²) >= 11 is 12.5. The molecule has 0 fully saturated rings. The predicted molar refractivity (Wildman–Crippen MR) is 136 cm³/mol. The van der Waals surface area contributed by atoms with Gasteiger partial charge in [-0.1, -0.05) is 54.1 Å². The molecule has 1 amide bonds. The molecule has 0 atom stereocenters. The van der Waals surface area contributed by atoms with E-state index in [4.69, 9.17) is 37.4 Å². The molecule has 0 spiro atoms. The van der Waals surface area contributed by atoms with Gasteiger partial charge in [0, 0.05) is 16.1 Å². The molecule has 176 valence electrons. The molecule has 0 heterocycles. The number of benzene rings is 3. The van der Waals surface area contributed by atoms with E-state index >= 15 is 0 Å². The van der Waals surface area contributed by atoms with Crippen molar-refractivity contribution in [3.05, 3.63) is 100 Å². The van der Waals surface area contributed by atoms with E-state index in [9.17, 15) is 4.79 Å². The van der Waals surface area contributed by atoms with Gasteiger partial charge in [0.05, 0.1) is 17.8 Å². The average Bonchev–Trinajstić information content (AvgIpc) is 2.83. The Balaban J connectivity index is 1.60. The minimum Gasteiger partial charge on any atom is -0.490 e. The Morgan fingerprint density at radius 2 is 1.76 bits per heavy atom. The van der Waals surface area contributed by atoms with Crippen molar-refractivity contribution >= 4 is 35.3 Å². The Morgan fingerprint density at radius 3 is 2.50 bits per heavy atom. The van der Waals surface area contributed by atoms with Crippen LogP contribution < -0.4 is 19.6 Å². The maximum absolute atomic E-state index is 12.5. The highest BCUT2D eigenvalue weighted by Crippen LogP contribution is 2.29. The van der Waals surface area contributed by atoms with Gasteiger partial charge in [-0.2, -0.15) is 5.10 Å². The maximum atomic E-state index is 12.5. The lowest BCUT2D eigenvalue weighted by molar-refractivity contribution is 0.0954. The molecule has 3 rings (SSSR count). The molecule has 0 aromatic heterocycles. The summed E-state index contributed by atoms with van der Waals surface area (Å²) in [5.41, 5.74) is 4.43. The summed E-state index contributed by atoms with van der Waals surface area (Å²) in [7, 11) is 0. The normalized spacial score (nSPS) is 10.7. The van der Waals surface area contributed by atoms with Crippen LogP contribution in [-0.2, 0) is 6.61 Å². The summed E-state index contributed by atoms with van der Waals surface area (Å²) in [5, 5.41) is 5.06. The molecule has 0 radical (unpaired) electrons. The van der Waals surface area contributed by atoms with Crippen molar-refractivity contribution in [1.29, 1.82) is 0 Å². The lowest BCUT2D eigenvalue weighted by Crippen LogP contribution is -2.17. The van der Waals surface area contributed by atoms with Crippen molar-refractivity contribution in [3.63, 3.8) is 0 Å². The van der Waals surface area contributed by atoms with Gasteiger partial charge in [-0.15, -0.1) is 0 Å². The third-order valence-corrected chi connectivity index (χ3v) is 5.20. The van der Waals surface area contributed by atoms with Crippen LogP contribution in [0.5, 0.6) is 17.2 Å². The van der Waals surface area contributed by atoms with Gasteiger partial charge in [0.2, 0.25) is 0 Å². The van der Waals surface area contributed by atoms with Crippen molar-refractivity contribution < 1.29 is 19.0 Å². The van der Waals surface area contributed by atoms with Gasteiger partial charge in [0.25, 0.3) is 5.91 Å². The van der Waals surface area contributed by atoms with E-state index < -0.39 is 5.91 Å². The Kier molecular flexibility index (Phi) is 9.38. The SMILES string of the molecule is C=CCOc1ccc(C(=O)N/N=C/c2ccc(OCc3ccccc3Cl)c(Cl)c2)cc1OCC. The number of nitrogens with one attached hydrogen (secondary N) is 1. The number of rotatable bonds is 11. The summed E-state index contributed by atoms with van der Waals surface area (Å²) < 4.78 is 16.9. The quantitative estimate of drug-likeness (QED) is 0.191. The number of carbonyl (C=O) groups is 1. The number of amides is 1. The van der Waals surface area contributed by atoms with Crippen LogP contribution in [0.3, 0.4) is 0 Å². The third-order valence-electron chi connectivity index (χ3n) is 4.54. The Labute approximate surface area is 208 Å². The molecule has 34 heavy (non-hydrogen) atoms. The number of hydrazone groups is 1. The molecule has 6 nitrogen and oxygen atoms in total. The summed E-state index contributed by atoms with van der Waals surface area (Å²) in [6.45, 7) is 6.55. The number of hydrogen-bond donors (Lipinski definition) is 1. The van der Waals surface area contributed by atoms with Gasteiger partial charge >= 0.3 is 0 Å². The van der Waals surface area contributed by atoms with Gasteiger partial charge in [-0.05, 0) is 55.0 Å². The molecule has 0 saturated heterocycles. The average molecular weight is 499 g/mol. The lowest BCUT2D eigenvalue weighted by atomic mass is 10.2. The number of nitrogens with zero attached hydrogens (tertiary/aromatic N) is 1. The summed E-state index contributed by atoms with van der Waals surface area (Å²) in [5.74, 6) is 1.14. The van der Waals surface area contributed by atoms with E-state index in [1.165, 1.54) is 6.21 Å². The number of hydrogen-bond acceptors (Lipinski definition) is 5. The van der Waals surface area contributed by atoms with E-state index in [2.05, 4.69) is 17.1 Å². The minimum atomic E-state index is -0.390. The molecule has 0 aliphatic carbocycles. The molecule has 8 heteroatoms. The van der Waals surface area contributed by atoms with Gasteiger partial charge in [-0.3, -0.25) is 4.79 Å². The van der Waals surface area contributed by atoms with Crippen LogP contribution in [0.25, 0.3) is 0 Å². The second kappa shape index (κ2) is 12.7. The number of halogens is 2. The van der Waals surface area contributed by atoms with Crippen molar-refractivity contribution in [2.24, 2.45) is 5.10 Å². The van der Waals surface area contributed by atoms with Crippen molar-refractivity contribution in [1.82, 2.24) is 5.43 Å². The topological polar surface area (TPSA) is 69.2 Å². The first-order valence-electron chi connectivity index (χ1n) is 10.5. The second-order valence-corrected chi connectivity index (χ2v) is 7.78. The first-order valence-corrected chi connectivity index (χ1v) is 11.3. The summed E-state index contributed by atoms with van der Waals surface area (Å²) in [4.78, 5) is 12.5. The molecular weight excluding hydrogens is 475 g/mol. The maximum Gasteiger partial charge on any atom is 0.271 e. The molecule has 0 aliphatic rings. The van der Waals surface area contributed by atoms with E-state index in [0.29, 0.717) is 58.2 Å². The van der Waals surface area contributed by atoms with Gasteiger partial charge < -0.3 is 14.2 Å². The van der Waals surface area contributed by atoms with Crippen LogP contribution in [0, 0.1) is 0 Å². The molecule has 0 saturated carbocycles. The van der Waals surface area contributed by atoms with E-state index in [-0.39, 0.29) is 0 Å². The fourth-order valence-corrected chi connectivity index (χ4v) is 3.33. The predicted octanol–water partition coefficient (Wildman–Crippen LogP) is 6.30. The van der Waals surface area contributed by atoms with Crippen LogP contribution in [0.4, 0.5) is 0 Å². The zero-order valence-corrected chi connectivity index (χ0v) is 20.1. The Bertz CT molecular complexity index is 1180. The van der Waals surface area contributed by atoms with Gasteiger partial charge in [0.15, 0.2) is 11.5 Å². The fourth-order valence-electron chi connectivity index (χ4n) is 2.90. The highest BCUT2D eigenvalue weighted by molar-refractivity contribution is 6.32. The Morgan fingerprint density at radius 1 is 0.971 bits per heavy atom. The van der Waals surface area contributed by atoms with Crippen molar-refractivity contribution in [2.45, 2.75) is 13.5 Å². The van der Waals surface area contributed by atoms with Crippen LogP contribution in [0.1, 0.15) is 28.4 Å². The number of ether oxygens (including phenoxy) is 3. The molecule has 0 bridgehead atoms. The van der Waals surface area contributed by atoms with Crippen LogP contribution in [-0.4, -0.2) is 25.3 Å². The first-order chi connectivity index (χ1) is 16.5. The summed E-state index contributed by atoms with van der Waals surface area (Å²) in [6, 6.07) is 17.6. The molecule has 3 aromatic carbocycles. The third kappa shape index (κ3) is 7.01. The second-order valence-electron chi connectivity index (χ2n) is 6.96. The smallest absolute Gasteiger partial charge is 0.271 e. The highest BCUT2D eigenvalue weighted by Gasteiger charge is 2.11. The molecule has 1 N–H and O–H groups in total. The van der Waals surface area contributed by atoms with Crippen molar-refractivity contribution in [2.75, 3.05) is 13.2 Å². The molecular formula is C26H24Cl2N2O4. The first kappa shape index (κ1) is 25.1. The molecule has 3 aromatic rings. The van der Waals surface area contributed by atoms with Gasteiger partial charge in [-0.25, -0.2) is 5.43 Å². The summed E-state index contributed by atoms with van der Waals surface area (Å²) in [6.07, 6.45) is 3.13. The van der Waals surface area contributed by atoms with E-state index in [0.717, 1.165) is 5.56 Å². The monoisotopic (exact) mass is 498 g/mol. The fraction of sp³-hybridized carbons (Fsp3) is 0.154.